The normalized spacial score (nSPS) is 11.7. The van der Waals surface area contributed by atoms with Gasteiger partial charge in [-0.15, -0.1) is 0 Å². The Morgan fingerprint density at radius 3 is 2.65 bits per heavy atom. The molecule has 2 rings (SSSR count). The quantitative estimate of drug-likeness (QED) is 0.656. The van der Waals surface area contributed by atoms with Crippen molar-refractivity contribution in [1.29, 1.82) is 0 Å². The lowest BCUT2D eigenvalue weighted by molar-refractivity contribution is -0.384. The molecule has 0 aromatic heterocycles. The molecule has 6 heteroatoms. The van der Waals surface area contributed by atoms with Gasteiger partial charge in [0.05, 0.1) is 11.0 Å². The highest BCUT2D eigenvalue weighted by molar-refractivity contribution is 5.94. The number of nitro groups is 1. The van der Waals surface area contributed by atoms with E-state index >= 15 is 0 Å². The topological polar surface area (TPSA) is 81.5 Å². The molecule has 0 fully saturated rings. The third-order valence-corrected chi connectivity index (χ3v) is 3.59. The zero-order valence-electron chi connectivity index (χ0n) is 13.0. The summed E-state index contributed by atoms with van der Waals surface area (Å²) in [7, 11) is 1.58. The highest BCUT2D eigenvalue weighted by Crippen LogP contribution is 2.20. The molecule has 120 valence electrons. The van der Waals surface area contributed by atoms with Gasteiger partial charge in [-0.3, -0.25) is 14.9 Å². The lowest BCUT2D eigenvalue weighted by Gasteiger charge is -2.18. The maximum absolute atomic E-state index is 12.2. The van der Waals surface area contributed by atoms with E-state index in [0.717, 1.165) is 11.1 Å². The van der Waals surface area contributed by atoms with Gasteiger partial charge in [-0.25, -0.2) is 0 Å². The van der Waals surface area contributed by atoms with Crippen molar-refractivity contribution in [3.8, 4) is 0 Å². The van der Waals surface area contributed by atoms with Crippen LogP contribution in [0.25, 0.3) is 0 Å². The van der Waals surface area contributed by atoms with Gasteiger partial charge in [0.25, 0.3) is 11.6 Å². The van der Waals surface area contributed by atoms with Gasteiger partial charge in [0, 0.05) is 31.4 Å². The van der Waals surface area contributed by atoms with Crippen molar-refractivity contribution in [3.05, 3.63) is 75.3 Å². The predicted octanol–water partition coefficient (Wildman–Crippen LogP) is 3.02. The fourth-order valence-corrected chi connectivity index (χ4v) is 2.32. The second kappa shape index (κ2) is 7.51. The summed E-state index contributed by atoms with van der Waals surface area (Å²) in [5, 5.41) is 13.5. The molecule has 0 saturated carbocycles. The molecule has 2 aromatic carbocycles. The number of hydrogen-bond donors (Lipinski definition) is 1. The van der Waals surface area contributed by atoms with Crippen molar-refractivity contribution < 1.29 is 14.5 Å². The Morgan fingerprint density at radius 1 is 1.26 bits per heavy atom. The molecule has 6 nitrogen and oxygen atoms in total. The summed E-state index contributed by atoms with van der Waals surface area (Å²) in [6, 6.07) is 13.4. The van der Waals surface area contributed by atoms with Crippen LogP contribution >= 0.6 is 0 Å². The molecule has 0 aliphatic carbocycles. The number of nitrogens with zero attached hydrogens (tertiary/aromatic N) is 1. The molecule has 0 radical (unpaired) electrons. The molecular formula is C17H18N2O4. The molecule has 1 amide bonds. The van der Waals surface area contributed by atoms with Gasteiger partial charge in [0.1, 0.15) is 0 Å². The van der Waals surface area contributed by atoms with Crippen LogP contribution in [0.4, 0.5) is 5.69 Å². The number of methoxy groups -OCH3 is 1. The second-order valence-electron chi connectivity index (χ2n) is 5.10. The van der Waals surface area contributed by atoms with E-state index in [-0.39, 0.29) is 29.8 Å². The minimum absolute atomic E-state index is 0.111. The van der Waals surface area contributed by atoms with Crippen molar-refractivity contribution in [2.75, 3.05) is 13.7 Å². The van der Waals surface area contributed by atoms with E-state index < -0.39 is 4.92 Å². The average Bonchev–Trinajstić information content (AvgIpc) is 2.56. The van der Waals surface area contributed by atoms with Crippen molar-refractivity contribution in [3.63, 3.8) is 0 Å². The largest absolute Gasteiger partial charge is 0.375 e. The van der Waals surface area contributed by atoms with Crippen LogP contribution in [0.1, 0.15) is 27.6 Å². The molecular weight excluding hydrogens is 296 g/mol. The molecule has 1 unspecified atom stereocenters. The van der Waals surface area contributed by atoms with E-state index in [0.29, 0.717) is 0 Å². The third-order valence-electron chi connectivity index (χ3n) is 3.59. The summed E-state index contributed by atoms with van der Waals surface area (Å²) in [5.74, 6) is -0.371. The number of nitro benzene ring substituents is 1. The number of carbonyl (C=O) groups excluding carboxylic acids is 1. The summed E-state index contributed by atoms with van der Waals surface area (Å²) in [4.78, 5) is 22.4. The van der Waals surface area contributed by atoms with Crippen molar-refractivity contribution in [2.24, 2.45) is 0 Å². The van der Waals surface area contributed by atoms with Gasteiger partial charge >= 0.3 is 0 Å². The first kappa shape index (κ1) is 16.6. The number of hydrogen-bond acceptors (Lipinski definition) is 4. The SMILES string of the molecule is COC(CNC(=O)c1cccc([N+](=O)[O-])c1)c1ccccc1C. The van der Waals surface area contributed by atoms with Crippen LogP contribution in [-0.4, -0.2) is 24.5 Å². The van der Waals surface area contributed by atoms with E-state index in [1.165, 1.54) is 24.3 Å². The van der Waals surface area contributed by atoms with Gasteiger partial charge < -0.3 is 10.1 Å². The number of amides is 1. The first-order chi connectivity index (χ1) is 11.0. The number of aryl methyl sites for hydroxylation is 1. The monoisotopic (exact) mass is 314 g/mol. The van der Waals surface area contributed by atoms with Crippen LogP contribution in [-0.2, 0) is 4.74 Å². The van der Waals surface area contributed by atoms with Crippen molar-refractivity contribution in [2.45, 2.75) is 13.0 Å². The lowest BCUT2D eigenvalue weighted by atomic mass is 10.0. The zero-order valence-corrected chi connectivity index (χ0v) is 13.0. The number of benzene rings is 2. The standard InChI is InChI=1S/C17H18N2O4/c1-12-6-3-4-9-15(12)16(23-2)11-18-17(20)13-7-5-8-14(10-13)19(21)22/h3-10,16H,11H2,1-2H3,(H,18,20). The Kier molecular flexibility index (Phi) is 5.43. The summed E-state index contributed by atoms with van der Waals surface area (Å²) in [6.07, 6.45) is -0.279. The number of ether oxygens (including phenoxy) is 1. The van der Waals surface area contributed by atoms with Crippen molar-refractivity contribution in [1.82, 2.24) is 5.32 Å². The molecule has 23 heavy (non-hydrogen) atoms. The van der Waals surface area contributed by atoms with Gasteiger partial charge in [-0.2, -0.15) is 0 Å². The predicted molar refractivity (Wildman–Crippen MR) is 86.4 cm³/mol. The van der Waals surface area contributed by atoms with Gasteiger partial charge in [-0.1, -0.05) is 30.3 Å². The Morgan fingerprint density at radius 2 is 2.00 bits per heavy atom. The number of non-ortho nitro benzene ring substituents is 1. The number of rotatable bonds is 6. The Bertz CT molecular complexity index is 715. The van der Waals surface area contributed by atoms with Crippen LogP contribution < -0.4 is 5.32 Å². The molecule has 0 heterocycles. The molecule has 2 aromatic rings. The molecule has 0 bridgehead atoms. The molecule has 0 aliphatic heterocycles. The lowest BCUT2D eigenvalue weighted by Crippen LogP contribution is -2.29. The van der Waals surface area contributed by atoms with E-state index in [1.807, 2.05) is 31.2 Å². The molecule has 1 atom stereocenters. The number of nitrogens with one attached hydrogen (secondary N) is 1. The second-order valence-corrected chi connectivity index (χ2v) is 5.10. The molecule has 0 spiro atoms. The van der Waals surface area contributed by atoms with Gasteiger partial charge in [0.15, 0.2) is 0 Å². The first-order valence-corrected chi connectivity index (χ1v) is 7.14. The van der Waals surface area contributed by atoms with E-state index in [1.54, 1.807) is 7.11 Å². The Balaban J connectivity index is 2.07. The summed E-state index contributed by atoms with van der Waals surface area (Å²) in [6.45, 7) is 2.26. The van der Waals surface area contributed by atoms with E-state index in [9.17, 15) is 14.9 Å². The minimum Gasteiger partial charge on any atom is -0.375 e. The zero-order chi connectivity index (χ0) is 16.8. The summed E-state index contributed by atoms with van der Waals surface area (Å²) < 4.78 is 5.44. The summed E-state index contributed by atoms with van der Waals surface area (Å²) in [5.41, 5.74) is 2.21. The van der Waals surface area contributed by atoms with E-state index in [4.69, 9.17) is 4.74 Å². The van der Waals surface area contributed by atoms with Crippen LogP contribution in [0.5, 0.6) is 0 Å². The van der Waals surface area contributed by atoms with Crippen LogP contribution in [0, 0.1) is 17.0 Å². The Hall–Kier alpha value is -2.73. The third kappa shape index (κ3) is 4.14. The van der Waals surface area contributed by atoms with Crippen molar-refractivity contribution >= 4 is 11.6 Å². The van der Waals surface area contributed by atoms with E-state index in [2.05, 4.69) is 5.32 Å². The highest BCUT2D eigenvalue weighted by atomic mass is 16.6. The fourth-order valence-electron chi connectivity index (χ4n) is 2.32. The highest BCUT2D eigenvalue weighted by Gasteiger charge is 2.16. The minimum atomic E-state index is -0.526. The first-order valence-electron chi connectivity index (χ1n) is 7.14. The fraction of sp³-hybridized carbons (Fsp3) is 0.235. The van der Waals surface area contributed by atoms with Gasteiger partial charge in [0.2, 0.25) is 0 Å². The smallest absolute Gasteiger partial charge is 0.270 e. The molecule has 0 aliphatic rings. The number of carbonyl (C=O) groups is 1. The summed E-state index contributed by atoms with van der Waals surface area (Å²) >= 11 is 0. The maximum Gasteiger partial charge on any atom is 0.270 e. The maximum atomic E-state index is 12.2. The van der Waals surface area contributed by atoms with Gasteiger partial charge in [-0.05, 0) is 24.1 Å². The Labute approximate surface area is 134 Å². The molecule has 0 saturated heterocycles. The van der Waals surface area contributed by atoms with Crippen LogP contribution in [0.2, 0.25) is 0 Å². The van der Waals surface area contributed by atoms with Crippen LogP contribution in [0.3, 0.4) is 0 Å². The van der Waals surface area contributed by atoms with Crippen LogP contribution in [0.15, 0.2) is 48.5 Å². The molecule has 1 N–H and O–H groups in total. The average molecular weight is 314 g/mol.